The van der Waals surface area contributed by atoms with Crippen LogP contribution in [0.25, 0.3) is 0 Å². The Balaban J connectivity index is 2.10. The number of anilines is 1. The molecule has 5 heteroatoms. The third-order valence-electron chi connectivity index (χ3n) is 2.07. The molecule has 0 radical (unpaired) electrons. The van der Waals surface area contributed by atoms with Gasteiger partial charge in [-0.25, -0.2) is 4.98 Å². The maximum absolute atomic E-state index is 4.23. The van der Waals surface area contributed by atoms with Gasteiger partial charge in [0.25, 0.3) is 0 Å². The summed E-state index contributed by atoms with van der Waals surface area (Å²) in [5.41, 5.74) is 1.08. The third kappa shape index (κ3) is 2.84. The number of hydrogen-bond acceptors (Lipinski definition) is 3. The smallest absolute Gasteiger partial charge is 0.0897 e. The van der Waals surface area contributed by atoms with Gasteiger partial charge in [-0.3, -0.25) is 0 Å². The molecular weight excluding hydrogens is 352 g/mol. The molecule has 1 N–H and O–H groups in total. The van der Waals surface area contributed by atoms with Crippen LogP contribution in [0.1, 0.15) is 9.88 Å². The molecule has 84 valence electrons. The van der Waals surface area contributed by atoms with Gasteiger partial charge in [-0.15, -0.1) is 11.3 Å². The number of rotatable bonds is 3. The van der Waals surface area contributed by atoms with Gasteiger partial charge in [-0.2, -0.15) is 0 Å². The van der Waals surface area contributed by atoms with Gasteiger partial charge < -0.3 is 5.32 Å². The van der Waals surface area contributed by atoms with Crippen molar-refractivity contribution in [3.8, 4) is 0 Å². The first kappa shape index (κ1) is 12.1. The summed E-state index contributed by atoms with van der Waals surface area (Å²) in [4.78, 5) is 5.47. The second-order valence-corrected chi connectivity index (χ2v) is 6.32. The molecule has 0 atom stereocenters. The van der Waals surface area contributed by atoms with E-state index in [1.54, 1.807) is 11.3 Å². The molecule has 0 aliphatic rings. The highest BCUT2D eigenvalue weighted by Crippen LogP contribution is 2.31. The van der Waals surface area contributed by atoms with E-state index in [1.165, 1.54) is 4.88 Å². The van der Waals surface area contributed by atoms with Crippen molar-refractivity contribution in [2.24, 2.45) is 0 Å². The molecule has 0 bridgehead atoms. The highest BCUT2D eigenvalue weighted by molar-refractivity contribution is 9.11. The average molecular weight is 362 g/mol. The monoisotopic (exact) mass is 360 g/mol. The first-order valence-corrected chi connectivity index (χ1v) is 7.16. The summed E-state index contributed by atoms with van der Waals surface area (Å²) >= 11 is 8.76. The molecule has 0 spiro atoms. The fourth-order valence-corrected chi connectivity index (χ4v) is 3.34. The molecule has 0 saturated heterocycles. The Morgan fingerprint density at radius 2 is 2.00 bits per heavy atom. The minimum absolute atomic E-state index is 0.798. The summed E-state index contributed by atoms with van der Waals surface area (Å²) in [5.74, 6) is 0. The largest absolute Gasteiger partial charge is 0.378 e. The van der Waals surface area contributed by atoms with Crippen molar-refractivity contribution >= 4 is 48.9 Å². The summed E-state index contributed by atoms with van der Waals surface area (Å²) in [7, 11) is 0. The van der Waals surface area contributed by atoms with E-state index in [4.69, 9.17) is 0 Å². The van der Waals surface area contributed by atoms with Crippen molar-refractivity contribution in [1.29, 1.82) is 0 Å². The Hall–Kier alpha value is -0.390. The lowest BCUT2D eigenvalue weighted by Gasteiger charge is -2.09. The molecule has 2 nitrogen and oxygen atoms in total. The van der Waals surface area contributed by atoms with E-state index >= 15 is 0 Å². The lowest BCUT2D eigenvalue weighted by molar-refractivity contribution is 1.16. The van der Waals surface area contributed by atoms with Gasteiger partial charge in [0.15, 0.2) is 0 Å². The molecule has 1 heterocycles. The van der Waals surface area contributed by atoms with Crippen molar-refractivity contribution in [3.05, 3.63) is 43.2 Å². The molecule has 2 aromatic rings. The zero-order chi connectivity index (χ0) is 11.5. The van der Waals surface area contributed by atoms with Crippen LogP contribution >= 0.6 is 43.2 Å². The van der Waals surface area contributed by atoms with Gasteiger partial charge in [0, 0.05) is 20.0 Å². The number of benzene rings is 1. The second kappa shape index (κ2) is 5.29. The summed E-state index contributed by atoms with van der Waals surface area (Å²) in [6.45, 7) is 2.81. The standard InChI is InChI=1S/C11H10Br2N2S/c1-7-14-5-8(16-7)6-15-11-9(12)3-2-4-10(11)13/h2-5,15H,6H2,1H3. The number of nitrogens with one attached hydrogen (secondary N) is 1. The Morgan fingerprint density at radius 1 is 1.31 bits per heavy atom. The number of aryl methyl sites for hydroxylation is 1. The van der Waals surface area contributed by atoms with E-state index in [0.29, 0.717) is 0 Å². The van der Waals surface area contributed by atoms with Gasteiger partial charge in [0.05, 0.1) is 17.2 Å². The van der Waals surface area contributed by atoms with Crippen LogP contribution in [0.5, 0.6) is 0 Å². The normalized spacial score (nSPS) is 10.4. The molecule has 16 heavy (non-hydrogen) atoms. The number of thiazole rings is 1. The zero-order valence-electron chi connectivity index (χ0n) is 8.63. The van der Waals surface area contributed by atoms with Crippen LogP contribution in [0.3, 0.4) is 0 Å². The molecule has 0 aliphatic carbocycles. The van der Waals surface area contributed by atoms with E-state index in [-0.39, 0.29) is 0 Å². The minimum atomic E-state index is 0.798. The number of halogens is 2. The molecule has 0 aliphatic heterocycles. The van der Waals surface area contributed by atoms with Crippen LogP contribution < -0.4 is 5.32 Å². The molecule has 0 fully saturated rings. The van der Waals surface area contributed by atoms with Crippen LogP contribution in [0, 0.1) is 6.92 Å². The summed E-state index contributed by atoms with van der Waals surface area (Å²) < 4.78 is 2.12. The summed E-state index contributed by atoms with van der Waals surface area (Å²) in [6, 6.07) is 6.03. The van der Waals surface area contributed by atoms with Crippen molar-refractivity contribution in [2.75, 3.05) is 5.32 Å². The Morgan fingerprint density at radius 3 is 2.56 bits per heavy atom. The first-order chi connectivity index (χ1) is 7.66. The topological polar surface area (TPSA) is 24.9 Å². The van der Waals surface area contributed by atoms with E-state index in [1.807, 2.05) is 31.3 Å². The van der Waals surface area contributed by atoms with Gasteiger partial charge in [0.2, 0.25) is 0 Å². The Bertz CT molecular complexity index is 476. The van der Waals surface area contributed by atoms with Crippen LogP contribution in [-0.4, -0.2) is 4.98 Å². The number of nitrogens with zero attached hydrogens (tertiary/aromatic N) is 1. The molecule has 0 unspecified atom stereocenters. The lowest BCUT2D eigenvalue weighted by atomic mass is 10.3. The number of para-hydroxylation sites is 1. The SMILES string of the molecule is Cc1ncc(CNc2c(Br)cccc2Br)s1. The van der Waals surface area contributed by atoms with Crippen LogP contribution in [-0.2, 0) is 6.54 Å². The van der Waals surface area contributed by atoms with Gasteiger partial charge in [-0.05, 0) is 50.9 Å². The summed E-state index contributed by atoms with van der Waals surface area (Å²) in [5, 5.41) is 4.49. The fourth-order valence-electron chi connectivity index (χ4n) is 1.33. The van der Waals surface area contributed by atoms with E-state index in [9.17, 15) is 0 Å². The zero-order valence-corrected chi connectivity index (χ0v) is 12.6. The maximum Gasteiger partial charge on any atom is 0.0897 e. The van der Waals surface area contributed by atoms with Crippen molar-refractivity contribution < 1.29 is 0 Å². The molecule has 0 amide bonds. The molecular formula is C11H10Br2N2S. The molecule has 2 rings (SSSR count). The Kier molecular flexibility index (Phi) is 4.00. The van der Waals surface area contributed by atoms with E-state index in [2.05, 4.69) is 42.2 Å². The first-order valence-electron chi connectivity index (χ1n) is 4.76. The van der Waals surface area contributed by atoms with Crippen molar-refractivity contribution in [2.45, 2.75) is 13.5 Å². The average Bonchev–Trinajstić information content (AvgIpc) is 2.63. The van der Waals surface area contributed by atoms with Crippen molar-refractivity contribution in [3.63, 3.8) is 0 Å². The van der Waals surface area contributed by atoms with Crippen LogP contribution in [0.15, 0.2) is 33.3 Å². The third-order valence-corrected chi connectivity index (χ3v) is 4.31. The molecule has 1 aromatic carbocycles. The molecule has 0 saturated carbocycles. The summed E-state index contributed by atoms with van der Waals surface area (Å²) in [6.07, 6.45) is 1.91. The lowest BCUT2D eigenvalue weighted by Crippen LogP contribution is -1.98. The number of aromatic nitrogens is 1. The highest BCUT2D eigenvalue weighted by Gasteiger charge is 2.04. The van der Waals surface area contributed by atoms with Crippen LogP contribution in [0.4, 0.5) is 5.69 Å². The van der Waals surface area contributed by atoms with Gasteiger partial charge in [0.1, 0.15) is 0 Å². The van der Waals surface area contributed by atoms with Gasteiger partial charge in [-0.1, -0.05) is 6.07 Å². The van der Waals surface area contributed by atoms with E-state index in [0.717, 1.165) is 26.2 Å². The fraction of sp³-hybridized carbons (Fsp3) is 0.182. The Labute approximate surface area is 115 Å². The number of hydrogen-bond donors (Lipinski definition) is 1. The second-order valence-electron chi connectivity index (χ2n) is 3.30. The maximum atomic E-state index is 4.23. The highest BCUT2D eigenvalue weighted by atomic mass is 79.9. The predicted octanol–water partition coefficient (Wildman–Crippen LogP) is 4.59. The van der Waals surface area contributed by atoms with Crippen molar-refractivity contribution in [1.82, 2.24) is 4.98 Å². The van der Waals surface area contributed by atoms with Crippen LogP contribution in [0.2, 0.25) is 0 Å². The van der Waals surface area contributed by atoms with Gasteiger partial charge >= 0.3 is 0 Å². The van der Waals surface area contributed by atoms with E-state index < -0.39 is 0 Å². The molecule has 1 aromatic heterocycles. The quantitative estimate of drug-likeness (QED) is 0.864. The minimum Gasteiger partial charge on any atom is -0.378 e. The predicted molar refractivity (Wildman–Crippen MR) is 76.0 cm³/mol.